The van der Waals surface area contributed by atoms with Crippen LogP contribution in [0.15, 0.2) is 18.2 Å². The molecule has 3 atom stereocenters. The summed E-state index contributed by atoms with van der Waals surface area (Å²) in [6.07, 6.45) is 5.42. The fraction of sp³-hybridized carbons (Fsp3) is 0.636. The Morgan fingerprint density at radius 2 is 1.67 bits per heavy atom. The minimum absolute atomic E-state index is 0.0000258. The second-order valence-electron chi connectivity index (χ2n) is 8.48. The maximum atomic E-state index is 13.4. The van der Waals surface area contributed by atoms with E-state index in [1.807, 2.05) is 15.9 Å². The molecule has 0 spiro atoms. The Kier molecular flexibility index (Phi) is 6.75. The predicted molar refractivity (Wildman–Crippen MR) is 117 cm³/mol. The van der Waals surface area contributed by atoms with E-state index in [1.165, 1.54) is 20.0 Å². The maximum Gasteiger partial charge on any atom is 0.409 e. The van der Waals surface area contributed by atoms with Crippen LogP contribution in [0.2, 0.25) is 10.0 Å². The summed E-state index contributed by atoms with van der Waals surface area (Å²) in [5.74, 6) is 0.0824. The number of carbonyl (C=O) groups excluding carboxylic acids is 2. The van der Waals surface area contributed by atoms with Crippen molar-refractivity contribution in [1.29, 1.82) is 0 Å². The second-order valence-corrected chi connectivity index (χ2v) is 9.29. The van der Waals surface area contributed by atoms with Crippen molar-refractivity contribution in [2.45, 2.75) is 56.7 Å². The van der Waals surface area contributed by atoms with Crippen LogP contribution in [0, 0.1) is 0 Å². The molecule has 164 valence electrons. The van der Waals surface area contributed by atoms with Crippen LogP contribution in [0.1, 0.15) is 37.7 Å². The molecule has 1 unspecified atom stereocenters. The summed E-state index contributed by atoms with van der Waals surface area (Å²) in [6.45, 7) is 3.18. The van der Waals surface area contributed by atoms with Gasteiger partial charge in [-0.15, -0.1) is 0 Å². The van der Waals surface area contributed by atoms with Gasteiger partial charge in [-0.1, -0.05) is 29.3 Å². The number of carbonyl (C=O) groups is 2. The van der Waals surface area contributed by atoms with E-state index in [0.717, 1.165) is 37.9 Å². The Labute approximate surface area is 188 Å². The Morgan fingerprint density at radius 3 is 2.37 bits per heavy atom. The fourth-order valence-electron chi connectivity index (χ4n) is 5.45. The first-order chi connectivity index (χ1) is 14.5. The molecule has 1 saturated carbocycles. The van der Waals surface area contributed by atoms with Crippen molar-refractivity contribution in [3.8, 4) is 0 Å². The van der Waals surface area contributed by atoms with Gasteiger partial charge < -0.3 is 14.5 Å². The Morgan fingerprint density at radius 1 is 0.967 bits per heavy atom. The Hall–Kier alpha value is -1.50. The summed E-state index contributed by atoms with van der Waals surface area (Å²) in [5.41, 5.74) is 0.856. The highest BCUT2D eigenvalue weighted by atomic mass is 35.5. The third-order valence-corrected chi connectivity index (χ3v) is 7.55. The summed E-state index contributed by atoms with van der Waals surface area (Å²) < 4.78 is 5.06. The van der Waals surface area contributed by atoms with Gasteiger partial charge in [0.15, 0.2) is 0 Å². The number of rotatable bonds is 3. The molecule has 1 aromatic carbocycles. The van der Waals surface area contributed by atoms with E-state index >= 15 is 0 Å². The molecule has 1 aromatic rings. The zero-order valence-electron chi connectivity index (χ0n) is 17.4. The molecular weight excluding hydrogens is 425 g/mol. The Balaban J connectivity index is 1.59. The van der Waals surface area contributed by atoms with Gasteiger partial charge in [0.2, 0.25) is 5.91 Å². The minimum Gasteiger partial charge on any atom is -0.453 e. The van der Waals surface area contributed by atoms with Gasteiger partial charge in [0.25, 0.3) is 0 Å². The number of ether oxygens (including phenoxy) is 1. The molecule has 8 heteroatoms. The smallest absolute Gasteiger partial charge is 0.409 e. The lowest BCUT2D eigenvalue weighted by Gasteiger charge is -2.54. The predicted octanol–water partition coefficient (Wildman–Crippen LogP) is 3.83. The van der Waals surface area contributed by atoms with Crippen molar-refractivity contribution >= 4 is 35.2 Å². The first-order valence-corrected chi connectivity index (χ1v) is 11.6. The van der Waals surface area contributed by atoms with E-state index in [4.69, 9.17) is 27.9 Å². The molecule has 4 rings (SSSR count). The van der Waals surface area contributed by atoms with Crippen LogP contribution in [0.5, 0.6) is 0 Å². The highest BCUT2D eigenvalue weighted by Crippen LogP contribution is 2.35. The van der Waals surface area contributed by atoms with Gasteiger partial charge in [-0.25, -0.2) is 4.79 Å². The summed E-state index contributed by atoms with van der Waals surface area (Å²) in [5, 5.41) is 0.948. The summed E-state index contributed by atoms with van der Waals surface area (Å²) in [6, 6.07) is 5.65. The van der Waals surface area contributed by atoms with Gasteiger partial charge in [0.05, 0.1) is 35.7 Å². The topological polar surface area (TPSA) is 53.1 Å². The highest BCUT2D eigenvalue weighted by molar-refractivity contribution is 6.42. The number of halogens is 2. The quantitative estimate of drug-likeness (QED) is 0.697. The lowest BCUT2D eigenvalue weighted by molar-refractivity contribution is -0.141. The van der Waals surface area contributed by atoms with Gasteiger partial charge in [-0.05, 0) is 62.9 Å². The fourth-order valence-corrected chi connectivity index (χ4v) is 5.77. The van der Waals surface area contributed by atoms with Crippen molar-refractivity contribution < 1.29 is 14.3 Å². The molecule has 0 N–H and O–H groups in total. The Bertz CT molecular complexity index is 800. The van der Waals surface area contributed by atoms with E-state index < -0.39 is 0 Å². The monoisotopic (exact) mass is 453 g/mol. The zero-order chi connectivity index (χ0) is 21.3. The number of methoxy groups -OCH3 is 1. The third-order valence-electron chi connectivity index (χ3n) is 6.81. The SMILES string of the molecule is COC(=O)N1CCN(C(=O)Cc2ccc(Cl)c(Cl)c2)C2[C@H](N3CCCC3)CCC[C@@H]21. The lowest BCUT2D eigenvalue weighted by atomic mass is 9.81. The molecule has 0 radical (unpaired) electrons. The lowest BCUT2D eigenvalue weighted by Crippen LogP contribution is -2.69. The zero-order valence-corrected chi connectivity index (χ0v) is 18.9. The standard InChI is InChI=1S/C22H29Cl2N3O3/c1-30-22(29)26-11-12-27(20(28)14-15-7-8-16(23)17(24)13-15)21-18(5-4-6-19(21)26)25-9-2-3-10-25/h7-8,13,18-19,21H,2-6,9-12,14H2,1H3/t18-,19+,21?/m1/s1. The van der Waals surface area contributed by atoms with Crippen molar-refractivity contribution in [3.05, 3.63) is 33.8 Å². The number of hydrogen-bond donors (Lipinski definition) is 0. The summed E-state index contributed by atoms with van der Waals surface area (Å²) in [7, 11) is 1.43. The highest BCUT2D eigenvalue weighted by Gasteiger charge is 2.48. The van der Waals surface area contributed by atoms with E-state index in [1.54, 1.807) is 12.1 Å². The molecule has 1 aliphatic carbocycles. The van der Waals surface area contributed by atoms with Crippen LogP contribution in [0.25, 0.3) is 0 Å². The van der Waals surface area contributed by atoms with Crippen LogP contribution in [0.3, 0.4) is 0 Å². The maximum absolute atomic E-state index is 13.4. The van der Waals surface area contributed by atoms with Gasteiger partial charge >= 0.3 is 6.09 Å². The molecule has 3 aliphatic rings. The molecule has 2 aliphatic heterocycles. The molecule has 30 heavy (non-hydrogen) atoms. The van der Waals surface area contributed by atoms with Crippen LogP contribution >= 0.6 is 23.2 Å². The van der Waals surface area contributed by atoms with E-state index in [2.05, 4.69) is 4.90 Å². The van der Waals surface area contributed by atoms with Crippen LogP contribution < -0.4 is 0 Å². The molecule has 2 amide bonds. The van der Waals surface area contributed by atoms with Crippen molar-refractivity contribution in [1.82, 2.24) is 14.7 Å². The van der Waals surface area contributed by atoms with Crippen molar-refractivity contribution in [3.63, 3.8) is 0 Å². The molecule has 0 bridgehead atoms. The largest absolute Gasteiger partial charge is 0.453 e. The molecule has 2 heterocycles. The van der Waals surface area contributed by atoms with Crippen molar-refractivity contribution in [2.24, 2.45) is 0 Å². The van der Waals surface area contributed by atoms with E-state index in [-0.39, 0.29) is 36.5 Å². The molecule has 6 nitrogen and oxygen atoms in total. The van der Waals surface area contributed by atoms with Gasteiger partial charge in [-0.3, -0.25) is 9.69 Å². The third kappa shape index (κ3) is 4.27. The van der Waals surface area contributed by atoms with Gasteiger partial charge in [-0.2, -0.15) is 0 Å². The van der Waals surface area contributed by atoms with Crippen molar-refractivity contribution in [2.75, 3.05) is 33.3 Å². The first-order valence-electron chi connectivity index (χ1n) is 10.8. The number of benzene rings is 1. The number of piperazine rings is 1. The first kappa shape index (κ1) is 21.7. The van der Waals surface area contributed by atoms with E-state index in [9.17, 15) is 9.59 Å². The molecule has 3 fully saturated rings. The summed E-state index contributed by atoms with van der Waals surface area (Å²) >= 11 is 12.2. The van der Waals surface area contributed by atoms with Gasteiger partial charge in [0.1, 0.15) is 0 Å². The molecule has 0 aromatic heterocycles. The average molecular weight is 454 g/mol. The summed E-state index contributed by atoms with van der Waals surface area (Å²) in [4.78, 5) is 32.3. The normalized spacial score (nSPS) is 27.1. The van der Waals surface area contributed by atoms with Crippen LogP contribution in [0.4, 0.5) is 4.79 Å². The second kappa shape index (κ2) is 9.33. The average Bonchev–Trinajstić information content (AvgIpc) is 3.29. The van der Waals surface area contributed by atoms with E-state index in [0.29, 0.717) is 23.1 Å². The molecule has 2 saturated heterocycles. The number of nitrogens with zero attached hydrogens (tertiary/aromatic N) is 3. The van der Waals surface area contributed by atoms with Gasteiger partial charge in [0, 0.05) is 19.1 Å². The number of hydrogen-bond acceptors (Lipinski definition) is 4. The number of fused-ring (bicyclic) bond motifs is 1. The number of amides is 2. The molecular formula is C22H29Cl2N3O3. The minimum atomic E-state index is -0.288. The van der Waals surface area contributed by atoms with Crippen LogP contribution in [-0.4, -0.2) is 78.1 Å². The van der Waals surface area contributed by atoms with Crippen LogP contribution in [-0.2, 0) is 16.0 Å². The number of likely N-dealkylation sites (tertiary alicyclic amines) is 1.